The predicted molar refractivity (Wildman–Crippen MR) is 59.8 cm³/mol. The maximum absolute atomic E-state index is 13.9. The largest absolute Gasteiger partial charge is 0.478 e. The van der Waals surface area contributed by atoms with Crippen molar-refractivity contribution in [1.29, 1.82) is 0 Å². The molecule has 4 bridgehead atoms. The highest BCUT2D eigenvalue weighted by molar-refractivity contribution is 5.78. The van der Waals surface area contributed by atoms with Gasteiger partial charge in [-0.2, -0.15) is 0 Å². The van der Waals surface area contributed by atoms with Gasteiger partial charge in [-0.3, -0.25) is 0 Å². The van der Waals surface area contributed by atoms with E-state index in [1.807, 2.05) is 0 Å². The molecule has 90 valence electrons. The van der Waals surface area contributed by atoms with Crippen molar-refractivity contribution in [3.05, 3.63) is 12.7 Å². The zero-order valence-corrected chi connectivity index (χ0v) is 9.49. The molecule has 4 saturated carbocycles. The summed E-state index contributed by atoms with van der Waals surface area (Å²) in [6.07, 6.45) is 7.59. The standard InChI is InChI=1S/C10H15F.C3H4O2/c11-10-4-7-1-8(5-10)3-9(2-7)6-10;1-2-3(4)5/h7-9H,1-6H2;2H,1H2,(H,4,5). The molecular formula is C13H19FO2. The Morgan fingerprint density at radius 2 is 1.50 bits per heavy atom. The second-order valence-electron chi connectivity index (χ2n) is 5.61. The average Bonchev–Trinajstić information content (AvgIpc) is 2.14. The highest BCUT2D eigenvalue weighted by Gasteiger charge is 2.51. The molecule has 0 spiro atoms. The Morgan fingerprint density at radius 3 is 1.69 bits per heavy atom. The second-order valence-corrected chi connectivity index (χ2v) is 5.61. The minimum absolute atomic E-state index is 0.700. The monoisotopic (exact) mass is 226 g/mol. The maximum Gasteiger partial charge on any atom is 0.327 e. The lowest BCUT2D eigenvalue weighted by Gasteiger charge is -2.52. The van der Waals surface area contributed by atoms with Crippen molar-refractivity contribution in [3.63, 3.8) is 0 Å². The van der Waals surface area contributed by atoms with Crippen LogP contribution in [-0.2, 0) is 4.79 Å². The summed E-state index contributed by atoms with van der Waals surface area (Å²) in [6.45, 7) is 2.96. The molecule has 0 unspecified atom stereocenters. The Labute approximate surface area is 95.5 Å². The topological polar surface area (TPSA) is 37.3 Å². The van der Waals surface area contributed by atoms with Crippen molar-refractivity contribution in [2.45, 2.75) is 44.2 Å². The van der Waals surface area contributed by atoms with E-state index in [9.17, 15) is 9.18 Å². The molecule has 0 amide bonds. The molecule has 1 N–H and O–H groups in total. The minimum Gasteiger partial charge on any atom is -0.478 e. The minimum atomic E-state index is -0.981. The van der Waals surface area contributed by atoms with Gasteiger partial charge in [0.25, 0.3) is 0 Å². The number of carboxylic acid groups (broad SMARTS) is 1. The van der Waals surface area contributed by atoms with Gasteiger partial charge in [0.15, 0.2) is 0 Å². The van der Waals surface area contributed by atoms with Gasteiger partial charge in [0, 0.05) is 6.08 Å². The van der Waals surface area contributed by atoms with E-state index in [-0.39, 0.29) is 0 Å². The summed E-state index contributed by atoms with van der Waals surface area (Å²) in [6, 6.07) is 0. The highest BCUT2D eigenvalue weighted by Crippen LogP contribution is 2.57. The number of alkyl halides is 1. The normalized spacial score (nSPS) is 43.4. The van der Waals surface area contributed by atoms with Crippen molar-refractivity contribution in [1.82, 2.24) is 0 Å². The first-order chi connectivity index (χ1) is 7.50. The second kappa shape index (κ2) is 4.19. The molecule has 4 fully saturated rings. The summed E-state index contributed by atoms with van der Waals surface area (Å²) in [7, 11) is 0. The van der Waals surface area contributed by atoms with Gasteiger partial charge in [0.2, 0.25) is 0 Å². The lowest BCUT2D eigenvalue weighted by molar-refractivity contribution is -0.131. The molecule has 0 heterocycles. The number of halogens is 1. The number of aliphatic carboxylic acids is 1. The van der Waals surface area contributed by atoms with Crippen LogP contribution in [0.2, 0.25) is 0 Å². The van der Waals surface area contributed by atoms with Crippen LogP contribution in [0.5, 0.6) is 0 Å². The van der Waals surface area contributed by atoms with Crippen LogP contribution in [0.4, 0.5) is 4.39 Å². The fraction of sp³-hybridized carbons (Fsp3) is 0.769. The Balaban J connectivity index is 0.000000168. The van der Waals surface area contributed by atoms with Crippen LogP contribution in [0, 0.1) is 17.8 Å². The van der Waals surface area contributed by atoms with E-state index in [0.29, 0.717) is 0 Å². The summed E-state index contributed by atoms with van der Waals surface area (Å²) < 4.78 is 13.9. The first-order valence-corrected chi connectivity index (χ1v) is 6.05. The molecule has 3 heteroatoms. The van der Waals surface area contributed by atoms with E-state index < -0.39 is 11.6 Å². The van der Waals surface area contributed by atoms with E-state index in [2.05, 4.69) is 6.58 Å². The van der Waals surface area contributed by atoms with Crippen LogP contribution in [0.15, 0.2) is 12.7 Å². The van der Waals surface area contributed by atoms with Gasteiger partial charge >= 0.3 is 5.97 Å². The molecule has 0 saturated heterocycles. The van der Waals surface area contributed by atoms with E-state index >= 15 is 0 Å². The fourth-order valence-electron chi connectivity index (χ4n) is 4.00. The number of carboxylic acids is 1. The average molecular weight is 226 g/mol. The van der Waals surface area contributed by atoms with Crippen LogP contribution in [-0.4, -0.2) is 16.7 Å². The Kier molecular flexibility index (Phi) is 3.04. The van der Waals surface area contributed by atoms with Crippen molar-refractivity contribution in [3.8, 4) is 0 Å². The molecule has 0 aromatic carbocycles. The SMILES string of the molecule is C=CC(=O)O.FC12CC3CC(CC(C3)C1)C2. The van der Waals surface area contributed by atoms with Gasteiger partial charge in [-0.25, -0.2) is 9.18 Å². The van der Waals surface area contributed by atoms with Gasteiger partial charge in [-0.15, -0.1) is 0 Å². The van der Waals surface area contributed by atoms with Gasteiger partial charge in [-0.05, 0) is 56.3 Å². The molecular weight excluding hydrogens is 207 g/mol. The van der Waals surface area contributed by atoms with Gasteiger partial charge < -0.3 is 5.11 Å². The molecule has 0 aromatic heterocycles. The fourth-order valence-corrected chi connectivity index (χ4v) is 4.00. The van der Waals surface area contributed by atoms with E-state index in [1.165, 1.54) is 19.3 Å². The molecule has 2 nitrogen and oxygen atoms in total. The Bertz CT molecular complexity index is 263. The summed E-state index contributed by atoms with van der Waals surface area (Å²) in [4.78, 5) is 9.25. The van der Waals surface area contributed by atoms with Crippen molar-refractivity contribution < 1.29 is 14.3 Å². The zero-order valence-electron chi connectivity index (χ0n) is 9.49. The third-order valence-corrected chi connectivity index (χ3v) is 4.14. The van der Waals surface area contributed by atoms with Crippen LogP contribution in [0.25, 0.3) is 0 Å². The van der Waals surface area contributed by atoms with Crippen LogP contribution < -0.4 is 0 Å². The molecule has 0 aromatic rings. The van der Waals surface area contributed by atoms with Crippen LogP contribution in [0.3, 0.4) is 0 Å². The summed E-state index contributed by atoms with van der Waals surface area (Å²) in [5.41, 5.74) is -0.700. The third-order valence-electron chi connectivity index (χ3n) is 4.14. The van der Waals surface area contributed by atoms with E-state index in [4.69, 9.17) is 5.11 Å². The number of hydrogen-bond acceptors (Lipinski definition) is 1. The van der Waals surface area contributed by atoms with Crippen molar-refractivity contribution in [2.75, 3.05) is 0 Å². The molecule has 0 radical (unpaired) electrons. The van der Waals surface area contributed by atoms with Gasteiger partial charge in [0.05, 0.1) is 0 Å². The van der Waals surface area contributed by atoms with Crippen molar-refractivity contribution >= 4 is 5.97 Å². The van der Waals surface area contributed by atoms with Crippen LogP contribution >= 0.6 is 0 Å². The number of rotatable bonds is 1. The molecule has 16 heavy (non-hydrogen) atoms. The quantitative estimate of drug-likeness (QED) is 0.697. The first kappa shape index (κ1) is 11.6. The van der Waals surface area contributed by atoms with Crippen molar-refractivity contribution in [2.24, 2.45) is 17.8 Å². The van der Waals surface area contributed by atoms with Crippen LogP contribution in [0.1, 0.15) is 38.5 Å². The molecule has 4 aliphatic carbocycles. The molecule has 4 aliphatic rings. The van der Waals surface area contributed by atoms with E-state index in [0.717, 1.165) is 43.1 Å². The summed E-state index contributed by atoms with van der Waals surface area (Å²) >= 11 is 0. The van der Waals surface area contributed by atoms with Gasteiger partial charge in [0.1, 0.15) is 5.67 Å². The first-order valence-electron chi connectivity index (χ1n) is 6.05. The molecule has 0 aliphatic heterocycles. The lowest BCUT2D eigenvalue weighted by atomic mass is 9.55. The predicted octanol–water partition coefficient (Wildman–Crippen LogP) is 3.18. The Morgan fingerprint density at radius 1 is 1.19 bits per heavy atom. The maximum atomic E-state index is 13.9. The number of carbonyl (C=O) groups is 1. The summed E-state index contributed by atoms with van der Waals surface area (Å²) in [5, 5.41) is 7.60. The smallest absolute Gasteiger partial charge is 0.327 e. The Hall–Kier alpha value is -0.860. The molecule has 0 atom stereocenters. The van der Waals surface area contributed by atoms with E-state index in [1.54, 1.807) is 0 Å². The molecule has 4 rings (SSSR count). The number of hydrogen-bond donors (Lipinski definition) is 1. The lowest BCUT2D eigenvalue weighted by Crippen LogP contribution is -2.47. The highest BCUT2D eigenvalue weighted by atomic mass is 19.1. The summed E-state index contributed by atoms with van der Waals surface area (Å²) in [5.74, 6) is 1.33. The zero-order chi connectivity index (χ0) is 11.8. The third kappa shape index (κ3) is 2.45. The van der Waals surface area contributed by atoms with Gasteiger partial charge in [-0.1, -0.05) is 6.58 Å².